The molecule has 15 heavy (non-hydrogen) atoms. The average Bonchev–Trinajstić information content (AvgIpc) is 2.26. The van der Waals surface area contributed by atoms with Crippen molar-refractivity contribution in [2.45, 2.75) is 26.2 Å². The third-order valence-electron chi connectivity index (χ3n) is 2.07. The Morgan fingerprint density at radius 1 is 1.20 bits per heavy atom. The standard InChI is InChI=1S/C12H16O2Se/c1-2-3-4-8-11-15(13,14)12-9-6-5-7-10-12/h5-11H,2-4H2,1H3/b11-8+. The van der Waals surface area contributed by atoms with Gasteiger partial charge in [-0.05, 0) is 0 Å². The van der Waals surface area contributed by atoms with E-state index in [1.54, 1.807) is 30.3 Å². The van der Waals surface area contributed by atoms with Gasteiger partial charge in [-0.1, -0.05) is 0 Å². The van der Waals surface area contributed by atoms with Crippen LogP contribution in [-0.4, -0.2) is 12.7 Å². The van der Waals surface area contributed by atoms with Crippen LogP contribution in [0, 0.1) is 0 Å². The molecule has 1 aromatic rings. The first-order valence-electron chi connectivity index (χ1n) is 5.13. The molecular weight excluding hydrogens is 255 g/mol. The van der Waals surface area contributed by atoms with Crippen molar-refractivity contribution in [1.29, 1.82) is 0 Å². The molecule has 82 valence electrons. The van der Waals surface area contributed by atoms with E-state index in [2.05, 4.69) is 6.92 Å². The zero-order chi connectivity index (χ0) is 11.1. The van der Waals surface area contributed by atoms with Crippen molar-refractivity contribution in [1.82, 2.24) is 0 Å². The number of benzene rings is 1. The Labute approximate surface area is 92.6 Å². The Morgan fingerprint density at radius 2 is 1.87 bits per heavy atom. The molecule has 0 spiro atoms. The van der Waals surface area contributed by atoms with Crippen molar-refractivity contribution < 1.29 is 7.67 Å². The molecule has 0 aliphatic carbocycles. The maximum atomic E-state index is 11.8. The normalized spacial score (nSPS) is 12.1. The van der Waals surface area contributed by atoms with Crippen LogP contribution in [0.3, 0.4) is 0 Å². The first-order chi connectivity index (χ1) is 7.17. The SMILES string of the molecule is CCCC/C=C/[Se](=O)(=O)c1ccccc1. The van der Waals surface area contributed by atoms with Crippen LogP contribution in [0.5, 0.6) is 0 Å². The third kappa shape index (κ3) is 3.98. The van der Waals surface area contributed by atoms with E-state index >= 15 is 0 Å². The zero-order valence-corrected chi connectivity index (χ0v) is 10.6. The van der Waals surface area contributed by atoms with Gasteiger partial charge in [-0.2, -0.15) is 0 Å². The fourth-order valence-electron chi connectivity index (χ4n) is 1.21. The summed E-state index contributed by atoms with van der Waals surface area (Å²) < 4.78 is 24.0. The summed E-state index contributed by atoms with van der Waals surface area (Å²) in [5, 5.41) is 0. The van der Waals surface area contributed by atoms with Crippen LogP contribution in [0.15, 0.2) is 41.4 Å². The summed E-state index contributed by atoms with van der Waals surface area (Å²) in [5.41, 5.74) is 0. The summed E-state index contributed by atoms with van der Waals surface area (Å²) in [6.07, 6.45) is 4.73. The molecule has 0 atom stereocenters. The first kappa shape index (κ1) is 12.2. The summed E-state index contributed by atoms with van der Waals surface area (Å²) in [5.74, 6) is 0. The van der Waals surface area contributed by atoms with Gasteiger partial charge in [0.25, 0.3) is 0 Å². The minimum atomic E-state index is -3.99. The Hall–Kier alpha value is -0.921. The van der Waals surface area contributed by atoms with Crippen LogP contribution in [0.4, 0.5) is 0 Å². The Balaban J connectivity index is 2.73. The van der Waals surface area contributed by atoms with Crippen molar-refractivity contribution in [2.75, 3.05) is 0 Å². The summed E-state index contributed by atoms with van der Waals surface area (Å²) in [6.45, 7) is 2.09. The Bertz CT molecular complexity index is 405. The van der Waals surface area contributed by atoms with Crippen molar-refractivity contribution in [3.05, 3.63) is 41.4 Å². The average molecular weight is 271 g/mol. The van der Waals surface area contributed by atoms with Crippen molar-refractivity contribution >= 4 is 17.2 Å². The van der Waals surface area contributed by atoms with Gasteiger partial charge in [0, 0.05) is 0 Å². The molecule has 0 bridgehead atoms. The van der Waals surface area contributed by atoms with E-state index in [1.165, 1.54) is 4.97 Å². The molecule has 0 N–H and O–H groups in total. The third-order valence-corrected chi connectivity index (χ3v) is 5.18. The fourth-order valence-corrected chi connectivity index (χ4v) is 3.48. The molecule has 0 saturated heterocycles. The molecule has 0 aliphatic rings. The van der Waals surface area contributed by atoms with Gasteiger partial charge in [0.15, 0.2) is 0 Å². The Kier molecular flexibility index (Phi) is 4.73. The van der Waals surface area contributed by atoms with Crippen LogP contribution in [-0.2, 0) is 7.67 Å². The second-order valence-electron chi connectivity index (χ2n) is 3.37. The van der Waals surface area contributed by atoms with Gasteiger partial charge in [0.1, 0.15) is 0 Å². The Morgan fingerprint density at radius 3 is 2.47 bits per heavy atom. The van der Waals surface area contributed by atoms with E-state index in [0.717, 1.165) is 19.3 Å². The maximum absolute atomic E-state index is 11.8. The quantitative estimate of drug-likeness (QED) is 0.609. The molecule has 0 fully saturated rings. The van der Waals surface area contributed by atoms with Gasteiger partial charge in [-0.15, -0.1) is 0 Å². The van der Waals surface area contributed by atoms with Crippen LogP contribution in [0.2, 0.25) is 0 Å². The number of allylic oxidation sites excluding steroid dienone is 1. The number of hydrogen-bond donors (Lipinski definition) is 0. The zero-order valence-electron chi connectivity index (χ0n) is 8.89. The minimum absolute atomic E-state index is 0.432. The summed E-state index contributed by atoms with van der Waals surface area (Å²) in [6, 6.07) is 8.60. The molecule has 0 amide bonds. The monoisotopic (exact) mass is 272 g/mol. The summed E-state index contributed by atoms with van der Waals surface area (Å²) in [4.78, 5) is 1.38. The molecule has 1 rings (SSSR count). The second-order valence-corrected chi connectivity index (χ2v) is 7.22. The molecule has 0 heterocycles. The fraction of sp³-hybridized carbons (Fsp3) is 0.333. The van der Waals surface area contributed by atoms with Crippen molar-refractivity contribution in [2.24, 2.45) is 0 Å². The van der Waals surface area contributed by atoms with Gasteiger partial charge in [-0.25, -0.2) is 0 Å². The molecule has 0 aromatic heterocycles. The molecule has 1 aromatic carbocycles. The van der Waals surface area contributed by atoms with Gasteiger partial charge >= 0.3 is 92.4 Å². The van der Waals surface area contributed by atoms with E-state index < -0.39 is 12.7 Å². The summed E-state index contributed by atoms with van der Waals surface area (Å²) >= 11 is -3.99. The van der Waals surface area contributed by atoms with E-state index in [1.807, 2.05) is 6.07 Å². The van der Waals surface area contributed by atoms with Crippen molar-refractivity contribution in [3.8, 4) is 0 Å². The molecule has 3 heteroatoms. The van der Waals surface area contributed by atoms with Crippen LogP contribution in [0.25, 0.3) is 0 Å². The second kappa shape index (κ2) is 5.84. The predicted molar refractivity (Wildman–Crippen MR) is 61.9 cm³/mol. The van der Waals surface area contributed by atoms with E-state index in [0.29, 0.717) is 4.46 Å². The van der Waals surface area contributed by atoms with E-state index in [4.69, 9.17) is 0 Å². The molecule has 0 radical (unpaired) electrons. The summed E-state index contributed by atoms with van der Waals surface area (Å²) in [7, 11) is 0. The topological polar surface area (TPSA) is 34.1 Å². The number of rotatable bonds is 5. The molecule has 0 aliphatic heterocycles. The van der Waals surface area contributed by atoms with E-state index in [9.17, 15) is 7.67 Å². The van der Waals surface area contributed by atoms with Crippen LogP contribution >= 0.6 is 0 Å². The molecule has 0 saturated carbocycles. The first-order valence-corrected chi connectivity index (χ1v) is 8.38. The molecule has 2 nitrogen and oxygen atoms in total. The number of unbranched alkanes of at least 4 members (excludes halogenated alkanes) is 2. The van der Waals surface area contributed by atoms with Crippen molar-refractivity contribution in [3.63, 3.8) is 0 Å². The van der Waals surface area contributed by atoms with Gasteiger partial charge in [-0.3, -0.25) is 0 Å². The van der Waals surface area contributed by atoms with Gasteiger partial charge < -0.3 is 0 Å². The van der Waals surface area contributed by atoms with E-state index in [-0.39, 0.29) is 0 Å². The van der Waals surface area contributed by atoms with Crippen LogP contribution in [0.1, 0.15) is 26.2 Å². The molecule has 0 unspecified atom stereocenters. The number of hydrogen-bond acceptors (Lipinski definition) is 2. The predicted octanol–water partition coefficient (Wildman–Crippen LogP) is 2.48. The van der Waals surface area contributed by atoms with Gasteiger partial charge in [0.2, 0.25) is 0 Å². The van der Waals surface area contributed by atoms with Crippen LogP contribution < -0.4 is 4.46 Å². The van der Waals surface area contributed by atoms with Gasteiger partial charge in [0.05, 0.1) is 0 Å². The molecular formula is C12H16O2Se.